The number of carbonyl (C=O) groups excluding carboxylic acids is 1. The smallest absolute Gasteiger partial charge is 0.253 e. The van der Waals surface area contributed by atoms with Crippen LogP contribution in [-0.4, -0.2) is 37.7 Å². The first-order chi connectivity index (χ1) is 8.19. The minimum atomic E-state index is -0.228. The number of halogens is 1. The van der Waals surface area contributed by atoms with E-state index in [1.54, 1.807) is 13.1 Å². The van der Waals surface area contributed by atoms with Crippen LogP contribution >= 0.6 is 11.6 Å². The molecule has 0 bridgehead atoms. The van der Waals surface area contributed by atoms with Crippen molar-refractivity contribution < 1.29 is 9.53 Å². The van der Waals surface area contributed by atoms with E-state index in [9.17, 15) is 4.79 Å². The molecule has 0 radical (unpaired) electrons. The molecule has 0 fully saturated rings. The van der Waals surface area contributed by atoms with E-state index in [1.807, 2.05) is 6.92 Å². The van der Waals surface area contributed by atoms with Crippen LogP contribution in [0.4, 0.5) is 5.82 Å². The first kappa shape index (κ1) is 13.7. The van der Waals surface area contributed by atoms with Gasteiger partial charge in [-0.05, 0) is 13.0 Å². The molecule has 0 aliphatic heterocycles. The van der Waals surface area contributed by atoms with Gasteiger partial charge in [0.2, 0.25) is 0 Å². The zero-order valence-electron chi connectivity index (χ0n) is 9.92. The highest BCUT2D eigenvalue weighted by molar-refractivity contribution is 6.33. The summed E-state index contributed by atoms with van der Waals surface area (Å²) in [5.74, 6) is 0.373. The minimum absolute atomic E-state index is 0.228. The molecule has 94 valence electrons. The third-order valence-electron chi connectivity index (χ3n) is 2.09. The first-order valence-electron chi connectivity index (χ1n) is 5.38. The summed E-state index contributed by atoms with van der Waals surface area (Å²) in [4.78, 5) is 15.8. The molecular formula is C11H16ClN3O2. The molecular weight excluding hydrogens is 242 g/mol. The van der Waals surface area contributed by atoms with Gasteiger partial charge in [-0.1, -0.05) is 11.6 Å². The number of rotatable bonds is 6. The van der Waals surface area contributed by atoms with Gasteiger partial charge < -0.3 is 15.4 Å². The van der Waals surface area contributed by atoms with E-state index in [2.05, 4.69) is 15.6 Å². The van der Waals surface area contributed by atoms with E-state index >= 15 is 0 Å². The van der Waals surface area contributed by atoms with E-state index in [0.717, 1.165) is 0 Å². The maximum Gasteiger partial charge on any atom is 0.253 e. The highest BCUT2D eigenvalue weighted by Gasteiger charge is 2.11. The summed E-state index contributed by atoms with van der Waals surface area (Å²) in [5.41, 5.74) is 0.405. The van der Waals surface area contributed by atoms with Crippen LogP contribution < -0.4 is 10.6 Å². The number of aromatic nitrogens is 1. The normalized spacial score (nSPS) is 10.1. The maximum absolute atomic E-state index is 11.8. The molecule has 17 heavy (non-hydrogen) atoms. The highest BCUT2D eigenvalue weighted by Crippen LogP contribution is 2.17. The number of amides is 1. The fourth-order valence-electron chi connectivity index (χ4n) is 1.23. The van der Waals surface area contributed by atoms with E-state index in [0.29, 0.717) is 36.2 Å². The molecule has 0 unspecified atom stereocenters. The zero-order valence-corrected chi connectivity index (χ0v) is 10.7. The fourth-order valence-corrected chi connectivity index (χ4v) is 1.41. The molecule has 1 aromatic heterocycles. The molecule has 0 aromatic carbocycles. The van der Waals surface area contributed by atoms with Crippen LogP contribution in [0.3, 0.4) is 0 Å². The molecule has 0 saturated carbocycles. The van der Waals surface area contributed by atoms with Gasteiger partial charge in [-0.25, -0.2) is 4.98 Å². The van der Waals surface area contributed by atoms with Crippen LogP contribution in [-0.2, 0) is 4.74 Å². The van der Waals surface area contributed by atoms with Gasteiger partial charge in [-0.2, -0.15) is 0 Å². The lowest BCUT2D eigenvalue weighted by Crippen LogP contribution is -2.27. The molecule has 0 atom stereocenters. The summed E-state index contributed by atoms with van der Waals surface area (Å²) in [6.45, 7) is 3.49. The Bertz CT molecular complexity index is 385. The zero-order chi connectivity index (χ0) is 12.7. The van der Waals surface area contributed by atoms with Crippen molar-refractivity contribution in [3.8, 4) is 0 Å². The molecule has 5 nitrogen and oxygen atoms in total. The topological polar surface area (TPSA) is 63.2 Å². The number of nitrogens with zero attached hydrogens (tertiary/aromatic N) is 1. The lowest BCUT2D eigenvalue weighted by Gasteiger charge is -2.08. The molecule has 1 aromatic rings. The number of anilines is 1. The van der Waals surface area contributed by atoms with Gasteiger partial charge in [0.1, 0.15) is 5.82 Å². The van der Waals surface area contributed by atoms with Gasteiger partial charge in [0, 0.05) is 26.4 Å². The van der Waals surface area contributed by atoms with E-state index in [-0.39, 0.29) is 5.91 Å². The summed E-state index contributed by atoms with van der Waals surface area (Å²) in [5, 5.41) is 5.90. The molecule has 1 amide bonds. The Balaban J connectivity index is 2.61. The standard InChI is InChI=1S/C11H16ClN3O2/c1-3-17-5-4-14-11(16)8-6-10(13-2)15-7-9(8)12/h6-7H,3-5H2,1-2H3,(H,13,15)(H,14,16). The number of hydrogen-bond acceptors (Lipinski definition) is 4. The average molecular weight is 258 g/mol. The van der Waals surface area contributed by atoms with Crippen molar-refractivity contribution in [3.63, 3.8) is 0 Å². The second kappa shape index (κ2) is 7.09. The van der Waals surface area contributed by atoms with Crippen LogP contribution in [0.15, 0.2) is 12.3 Å². The van der Waals surface area contributed by atoms with Crippen molar-refractivity contribution in [2.75, 3.05) is 32.1 Å². The lowest BCUT2D eigenvalue weighted by molar-refractivity contribution is 0.0922. The number of carbonyl (C=O) groups is 1. The Morgan fingerprint density at radius 2 is 2.35 bits per heavy atom. The van der Waals surface area contributed by atoms with Crippen LogP contribution in [0.5, 0.6) is 0 Å². The van der Waals surface area contributed by atoms with Crippen molar-refractivity contribution in [3.05, 3.63) is 22.8 Å². The summed E-state index contributed by atoms with van der Waals surface area (Å²) >= 11 is 5.91. The van der Waals surface area contributed by atoms with Gasteiger partial charge in [0.15, 0.2) is 0 Å². The average Bonchev–Trinajstić information content (AvgIpc) is 2.35. The number of nitrogens with one attached hydrogen (secondary N) is 2. The van der Waals surface area contributed by atoms with Gasteiger partial charge in [0.25, 0.3) is 5.91 Å². The molecule has 2 N–H and O–H groups in total. The number of pyridine rings is 1. The van der Waals surface area contributed by atoms with Crippen LogP contribution in [0.2, 0.25) is 5.02 Å². The van der Waals surface area contributed by atoms with E-state index < -0.39 is 0 Å². The van der Waals surface area contributed by atoms with E-state index in [1.165, 1.54) is 6.20 Å². The lowest BCUT2D eigenvalue weighted by atomic mass is 10.2. The van der Waals surface area contributed by atoms with Crippen molar-refractivity contribution in [1.82, 2.24) is 10.3 Å². The second-order valence-electron chi connectivity index (χ2n) is 3.25. The van der Waals surface area contributed by atoms with Crippen molar-refractivity contribution in [1.29, 1.82) is 0 Å². The molecule has 0 aliphatic rings. The van der Waals surface area contributed by atoms with Gasteiger partial charge in [-0.15, -0.1) is 0 Å². The van der Waals surface area contributed by atoms with Gasteiger partial charge >= 0.3 is 0 Å². The van der Waals surface area contributed by atoms with Gasteiger partial charge in [-0.3, -0.25) is 4.79 Å². The van der Waals surface area contributed by atoms with Gasteiger partial charge in [0.05, 0.1) is 17.2 Å². The maximum atomic E-state index is 11.8. The number of hydrogen-bond donors (Lipinski definition) is 2. The molecule has 0 saturated heterocycles. The van der Waals surface area contributed by atoms with Crippen LogP contribution in [0, 0.1) is 0 Å². The Morgan fingerprint density at radius 1 is 1.59 bits per heavy atom. The molecule has 1 rings (SSSR count). The Morgan fingerprint density at radius 3 is 3.00 bits per heavy atom. The van der Waals surface area contributed by atoms with E-state index in [4.69, 9.17) is 16.3 Å². The summed E-state index contributed by atoms with van der Waals surface area (Å²) in [7, 11) is 1.73. The largest absolute Gasteiger partial charge is 0.380 e. The van der Waals surface area contributed by atoms with Crippen LogP contribution in [0.25, 0.3) is 0 Å². The summed E-state index contributed by atoms with van der Waals surface area (Å²) in [6.07, 6.45) is 1.45. The summed E-state index contributed by atoms with van der Waals surface area (Å²) in [6, 6.07) is 1.61. The Kier molecular flexibility index (Phi) is 5.72. The predicted octanol–water partition coefficient (Wildman–Crippen LogP) is 1.54. The van der Waals surface area contributed by atoms with Crippen molar-refractivity contribution in [2.24, 2.45) is 0 Å². The van der Waals surface area contributed by atoms with Crippen molar-refractivity contribution in [2.45, 2.75) is 6.92 Å². The molecule has 1 heterocycles. The second-order valence-corrected chi connectivity index (χ2v) is 3.66. The Hall–Kier alpha value is -1.33. The van der Waals surface area contributed by atoms with Crippen molar-refractivity contribution >= 4 is 23.3 Å². The molecule has 6 heteroatoms. The minimum Gasteiger partial charge on any atom is -0.380 e. The fraction of sp³-hybridized carbons (Fsp3) is 0.455. The first-order valence-corrected chi connectivity index (χ1v) is 5.76. The predicted molar refractivity (Wildman–Crippen MR) is 67.6 cm³/mol. The highest BCUT2D eigenvalue weighted by atomic mass is 35.5. The van der Waals surface area contributed by atoms with Crippen LogP contribution in [0.1, 0.15) is 17.3 Å². The molecule has 0 spiro atoms. The SMILES string of the molecule is CCOCCNC(=O)c1cc(NC)ncc1Cl. The molecule has 0 aliphatic carbocycles. The third kappa shape index (κ3) is 4.20. The quantitative estimate of drug-likeness (QED) is 0.759. The number of ether oxygens (including phenoxy) is 1. The summed E-state index contributed by atoms with van der Waals surface area (Å²) < 4.78 is 5.12. The Labute approximate surface area is 106 Å². The monoisotopic (exact) mass is 257 g/mol. The third-order valence-corrected chi connectivity index (χ3v) is 2.39.